The summed E-state index contributed by atoms with van der Waals surface area (Å²) in [6.45, 7) is 3.60. The number of likely N-dealkylation sites (tertiary alicyclic amines) is 1. The van der Waals surface area contributed by atoms with Crippen molar-refractivity contribution in [2.45, 2.75) is 25.3 Å². The fraction of sp³-hybridized carbons (Fsp3) is 0.455. The summed E-state index contributed by atoms with van der Waals surface area (Å²) in [7, 11) is 0. The standard InChI is InChI=1S/C18H21N3O3.2C2HF3O2/c22-17-18(5-7-21(13-18)11-16-4-2-8-23-16)14(9-20-17)12-24-15-3-1-6-19-10-15;2*3-2(4,5)1(6)7/h1-4,6,8,10,14H,5,7,9,11-13H2,(H,20,22);2*(H,6,7)/t14-,18+;;/m0../s1. The number of halogens is 6. The van der Waals surface area contributed by atoms with Crippen molar-refractivity contribution in [2.75, 3.05) is 26.2 Å². The highest BCUT2D eigenvalue weighted by Crippen LogP contribution is 2.42. The number of nitrogens with one attached hydrogen (secondary N) is 1. The minimum Gasteiger partial charge on any atom is -0.492 e. The van der Waals surface area contributed by atoms with Crippen LogP contribution in [0.3, 0.4) is 0 Å². The van der Waals surface area contributed by atoms with Crippen LogP contribution in [0.5, 0.6) is 5.75 Å². The van der Waals surface area contributed by atoms with E-state index in [-0.39, 0.29) is 17.2 Å². The van der Waals surface area contributed by atoms with E-state index in [4.69, 9.17) is 29.0 Å². The van der Waals surface area contributed by atoms with Crippen LogP contribution in [0.2, 0.25) is 0 Å². The van der Waals surface area contributed by atoms with E-state index in [2.05, 4.69) is 15.2 Å². The Balaban J connectivity index is 0.000000301. The highest BCUT2D eigenvalue weighted by atomic mass is 19.4. The van der Waals surface area contributed by atoms with E-state index in [1.54, 1.807) is 18.7 Å². The summed E-state index contributed by atoms with van der Waals surface area (Å²) in [4.78, 5) is 36.7. The Morgan fingerprint density at radius 3 is 2.26 bits per heavy atom. The van der Waals surface area contributed by atoms with E-state index < -0.39 is 24.3 Å². The van der Waals surface area contributed by atoms with Gasteiger partial charge in [-0.3, -0.25) is 14.7 Å². The number of alkyl halides is 6. The number of furan rings is 1. The molecule has 1 spiro atoms. The fourth-order valence-electron chi connectivity index (χ4n) is 3.81. The van der Waals surface area contributed by atoms with Crippen LogP contribution < -0.4 is 10.1 Å². The Kier molecular flexibility index (Phi) is 10.1. The number of carbonyl (C=O) groups excluding carboxylic acids is 1. The summed E-state index contributed by atoms with van der Waals surface area (Å²) >= 11 is 0. The Labute approximate surface area is 211 Å². The molecule has 0 radical (unpaired) electrons. The van der Waals surface area contributed by atoms with Crippen molar-refractivity contribution in [3.63, 3.8) is 0 Å². The predicted molar refractivity (Wildman–Crippen MR) is 115 cm³/mol. The van der Waals surface area contributed by atoms with Crippen LogP contribution in [0.15, 0.2) is 47.3 Å². The van der Waals surface area contributed by atoms with E-state index in [9.17, 15) is 31.1 Å². The monoisotopic (exact) mass is 555 g/mol. The van der Waals surface area contributed by atoms with E-state index >= 15 is 0 Å². The third kappa shape index (κ3) is 8.64. The maximum atomic E-state index is 12.5. The lowest BCUT2D eigenvalue weighted by molar-refractivity contribution is -0.193. The number of hydrogen-bond acceptors (Lipinski definition) is 7. The van der Waals surface area contributed by atoms with E-state index in [0.717, 1.165) is 37.6 Å². The van der Waals surface area contributed by atoms with Crippen molar-refractivity contribution in [3.05, 3.63) is 48.7 Å². The van der Waals surface area contributed by atoms with E-state index in [0.29, 0.717) is 13.2 Å². The Bertz CT molecular complexity index is 1040. The van der Waals surface area contributed by atoms with E-state index in [1.807, 2.05) is 24.3 Å². The Morgan fingerprint density at radius 1 is 1.13 bits per heavy atom. The normalized spacial score (nSPS) is 21.1. The number of amides is 1. The van der Waals surface area contributed by atoms with Crippen molar-refractivity contribution >= 4 is 17.8 Å². The minimum atomic E-state index is -5.08. The third-order valence-electron chi connectivity index (χ3n) is 5.65. The van der Waals surface area contributed by atoms with Crippen LogP contribution in [0.4, 0.5) is 26.3 Å². The molecule has 16 heteroatoms. The molecular formula is C22H23F6N3O7. The van der Waals surface area contributed by atoms with Crippen LogP contribution in [-0.2, 0) is 20.9 Å². The van der Waals surface area contributed by atoms with Gasteiger partial charge in [0.15, 0.2) is 0 Å². The minimum absolute atomic E-state index is 0.157. The summed E-state index contributed by atoms with van der Waals surface area (Å²) in [6, 6.07) is 7.61. The van der Waals surface area contributed by atoms with Gasteiger partial charge in [-0.25, -0.2) is 9.59 Å². The summed E-state index contributed by atoms with van der Waals surface area (Å²) in [6.07, 6.45) is -4.19. The zero-order valence-corrected chi connectivity index (χ0v) is 19.5. The van der Waals surface area contributed by atoms with Gasteiger partial charge in [0, 0.05) is 25.2 Å². The first kappa shape index (κ1) is 30.4. The molecular weight excluding hydrogens is 532 g/mol. The topological polar surface area (TPSA) is 142 Å². The second-order valence-corrected chi connectivity index (χ2v) is 8.21. The number of carbonyl (C=O) groups is 3. The first-order chi connectivity index (χ1) is 17.6. The van der Waals surface area contributed by atoms with Crippen molar-refractivity contribution in [3.8, 4) is 5.75 Å². The second-order valence-electron chi connectivity index (χ2n) is 8.21. The zero-order valence-electron chi connectivity index (χ0n) is 19.5. The van der Waals surface area contributed by atoms with Gasteiger partial charge in [-0.2, -0.15) is 26.3 Å². The first-order valence-electron chi connectivity index (χ1n) is 10.8. The molecule has 1 amide bonds. The Morgan fingerprint density at radius 2 is 1.76 bits per heavy atom. The SMILES string of the molecule is O=C(O)C(F)(F)F.O=C(O)C(F)(F)F.O=C1NC[C@@H](COc2cccnc2)[C@]12CCN(Cc1ccco1)C2. The highest BCUT2D eigenvalue weighted by Gasteiger charge is 2.54. The van der Waals surface area contributed by atoms with E-state index in [1.165, 1.54) is 0 Å². The largest absolute Gasteiger partial charge is 0.492 e. The average Bonchev–Trinajstić information content (AvgIpc) is 3.56. The Hall–Kier alpha value is -3.82. The predicted octanol–water partition coefficient (Wildman–Crippen LogP) is 2.96. The van der Waals surface area contributed by atoms with Gasteiger partial charge < -0.3 is 24.7 Å². The van der Waals surface area contributed by atoms with Gasteiger partial charge >= 0.3 is 24.3 Å². The zero-order chi connectivity index (χ0) is 28.6. The summed E-state index contributed by atoms with van der Waals surface area (Å²) in [5.74, 6) is -3.50. The lowest BCUT2D eigenvalue weighted by Gasteiger charge is -2.28. The van der Waals surface area contributed by atoms with Crippen LogP contribution in [-0.4, -0.2) is 76.5 Å². The molecule has 2 fully saturated rings. The molecule has 0 bridgehead atoms. The molecule has 0 aromatic carbocycles. The fourth-order valence-corrected chi connectivity index (χ4v) is 3.81. The molecule has 0 aliphatic carbocycles. The average molecular weight is 555 g/mol. The molecule has 38 heavy (non-hydrogen) atoms. The second kappa shape index (κ2) is 12.6. The molecule has 2 aromatic heterocycles. The molecule has 0 unspecified atom stereocenters. The first-order valence-corrected chi connectivity index (χ1v) is 10.8. The molecule has 10 nitrogen and oxygen atoms in total. The smallest absolute Gasteiger partial charge is 0.490 e. The molecule has 4 rings (SSSR count). The molecule has 3 N–H and O–H groups in total. The number of hydrogen-bond donors (Lipinski definition) is 3. The van der Waals surface area contributed by atoms with Crippen LogP contribution in [0.25, 0.3) is 0 Å². The number of aromatic nitrogens is 1. The molecule has 2 aromatic rings. The molecule has 2 aliphatic rings. The number of carboxylic acids is 2. The number of rotatable bonds is 5. The van der Waals surface area contributed by atoms with Gasteiger partial charge in [-0.1, -0.05) is 0 Å². The lowest BCUT2D eigenvalue weighted by Crippen LogP contribution is -2.40. The van der Waals surface area contributed by atoms with Crippen molar-refractivity contribution in [1.29, 1.82) is 0 Å². The summed E-state index contributed by atoms with van der Waals surface area (Å²) < 4.78 is 74.8. The molecule has 2 atom stereocenters. The number of aliphatic carboxylic acids is 2. The van der Waals surface area contributed by atoms with Crippen LogP contribution >= 0.6 is 0 Å². The van der Waals surface area contributed by atoms with Gasteiger partial charge in [0.05, 0.1) is 31.0 Å². The molecule has 4 heterocycles. The maximum absolute atomic E-state index is 12.5. The summed E-state index contributed by atoms with van der Waals surface area (Å²) in [5.41, 5.74) is -0.352. The van der Waals surface area contributed by atoms with Gasteiger partial charge in [0.1, 0.15) is 11.5 Å². The molecule has 210 valence electrons. The van der Waals surface area contributed by atoms with Gasteiger partial charge in [0.2, 0.25) is 5.91 Å². The third-order valence-corrected chi connectivity index (χ3v) is 5.65. The van der Waals surface area contributed by atoms with Gasteiger partial charge in [-0.15, -0.1) is 0 Å². The van der Waals surface area contributed by atoms with Gasteiger partial charge in [0.25, 0.3) is 0 Å². The summed E-state index contributed by atoms with van der Waals surface area (Å²) in [5, 5.41) is 17.3. The molecule has 0 saturated carbocycles. The van der Waals surface area contributed by atoms with Crippen molar-refractivity contribution < 1.29 is 60.1 Å². The highest BCUT2D eigenvalue weighted by molar-refractivity contribution is 5.86. The number of carboxylic acid groups (broad SMARTS) is 2. The van der Waals surface area contributed by atoms with Crippen molar-refractivity contribution in [1.82, 2.24) is 15.2 Å². The quantitative estimate of drug-likeness (QED) is 0.475. The number of nitrogens with zero attached hydrogens (tertiary/aromatic N) is 2. The number of pyridine rings is 1. The van der Waals surface area contributed by atoms with Gasteiger partial charge in [-0.05, 0) is 37.2 Å². The molecule has 2 aliphatic heterocycles. The van der Waals surface area contributed by atoms with Crippen molar-refractivity contribution in [2.24, 2.45) is 11.3 Å². The number of ether oxygens (including phenoxy) is 1. The van der Waals surface area contributed by atoms with Crippen LogP contribution in [0, 0.1) is 11.3 Å². The molecule has 2 saturated heterocycles. The maximum Gasteiger partial charge on any atom is 0.490 e. The van der Waals surface area contributed by atoms with Crippen LogP contribution in [0.1, 0.15) is 12.2 Å². The lowest BCUT2D eigenvalue weighted by atomic mass is 9.77.